The van der Waals surface area contributed by atoms with Crippen LogP contribution in [-0.2, 0) is 22.0 Å². The lowest BCUT2D eigenvalue weighted by molar-refractivity contribution is -0.130. The Bertz CT molecular complexity index is 815. The van der Waals surface area contributed by atoms with Gasteiger partial charge < -0.3 is 9.84 Å². The molecule has 0 radical (unpaired) electrons. The Morgan fingerprint density at radius 1 is 0.964 bits per heavy atom. The van der Waals surface area contributed by atoms with E-state index in [2.05, 4.69) is 48.1 Å². The van der Waals surface area contributed by atoms with Gasteiger partial charge in [-0.15, -0.1) is 0 Å². The molecular formula is C25H32O3. The summed E-state index contributed by atoms with van der Waals surface area (Å²) in [5.74, 6) is 0.478. The van der Waals surface area contributed by atoms with E-state index in [1.54, 1.807) is 12.1 Å². The average molecular weight is 381 g/mol. The van der Waals surface area contributed by atoms with E-state index >= 15 is 0 Å². The van der Waals surface area contributed by atoms with Crippen LogP contribution in [0.1, 0.15) is 64.7 Å². The van der Waals surface area contributed by atoms with E-state index in [-0.39, 0.29) is 10.8 Å². The number of rotatable bonds is 5. The van der Waals surface area contributed by atoms with E-state index in [1.807, 2.05) is 30.3 Å². The fourth-order valence-electron chi connectivity index (χ4n) is 3.05. The molecule has 2 aromatic carbocycles. The van der Waals surface area contributed by atoms with E-state index in [1.165, 1.54) is 0 Å². The highest BCUT2D eigenvalue weighted by molar-refractivity contribution is 5.89. The zero-order valence-corrected chi connectivity index (χ0v) is 17.9. The van der Waals surface area contributed by atoms with Gasteiger partial charge in [0.05, 0.1) is 0 Å². The van der Waals surface area contributed by atoms with E-state index < -0.39 is 5.97 Å². The molecule has 1 N–H and O–H groups in total. The number of carbonyl (C=O) groups excluding carboxylic acids is 1. The summed E-state index contributed by atoms with van der Waals surface area (Å²) in [6, 6.07) is 13.1. The molecule has 0 aliphatic rings. The zero-order chi connectivity index (χ0) is 21.1. The predicted molar refractivity (Wildman–Crippen MR) is 115 cm³/mol. The summed E-state index contributed by atoms with van der Waals surface area (Å²) in [5, 5.41) is 10.8. The molecular weight excluding hydrogens is 348 g/mol. The van der Waals surface area contributed by atoms with Crippen LogP contribution in [0.15, 0.2) is 54.6 Å². The standard InChI is InChI=1S/C25H32O3/c1-17(23(27)28-19-11-9-8-10-12-19)13-14-18-15-20(24(2,3)4)22(26)21(16-18)25(5,6)7/h8-12,15-16,26H,1,13-14H2,2-7H3. The quantitative estimate of drug-likeness (QED) is 0.388. The number of carbonyl (C=O) groups is 1. The Kier molecular flexibility index (Phi) is 6.38. The van der Waals surface area contributed by atoms with Crippen molar-refractivity contribution in [1.29, 1.82) is 0 Å². The molecule has 0 bridgehead atoms. The molecule has 150 valence electrons. The van der Waals surface area contributed by atoms with Gasteiger partial charge in [-0.25, -0.2) is 4.79 Å². The van der Waals surface area contributed by atoms with Crippen molar-refractivity contribution in [1.82, 2.24) is 0 Å². The highest BCUT2D eigenvalue weighted by atomic mass is 16.5. The first-order valence-corrected chi connectivity index (χ1v) is 9.71. The molecule has 0 atom stereocenters. The van der Waals surface area contributed by atoms with Crippen LogP contribution in [0.25, 0.3) is 0 Å². The third-order valence-electron chi connectivity index (χ3n) is 4.74. The highest BCUT2D eigenvalue weighted by Gasteiger charge is 2.26. The summed E-state index contributed by atoms with van der Waals surface area (Å²) in [6.45, 7) is 16.5. The fraction of sp³-hybridized carbons (Fsp3) is 0.400. The topological polar surface area (TPSA) is 46.5 Å². The molecule has 0 saturated carbocycles. The molecule has 3 heteroatoms. The van der Waals surface area contributed by atoms with Crippen LogP contribution in [0.2, 0.25) is 0 Å². The molecule has 0 aromatic heterocycles. The molecule has 0 unspecified atom stereocenters. The summed E-state index contributed by atoms with van der Waals surface area (Å²) in [6.07, 6.45) is 1.17. The molecule has 3 nitrogen and oxygen atoms in total. The number of benzene rings is 2. The Morgan fingerprint density at radius 3 is 1.93 bits per heavy atom. The first-order chi connectivity index (χ1) is 12.9. The molecule has 0 saturated heterocycles. The van der Waals surface area contributed by atoms with Crippen molar-refractivity contribution in [3.63, 3.8) is 0 Å². The number of aromatic hydroxyl groups is 1. The molecule has 0 spiro atoms. The SMILES string of the molecule is C=C(CCc1cc(C(C)(C)C)c(O)c(C(C)(C)C)c1)C(=O)Oc1ccccc1. The van der Waals surface area contributed by atoms with Crippen LogP contribution in [-0.4, -0.2) is 11.1 Å². The number of esters is 1. The summed E-state index contributed by atoms with van der Waals surface area (Å²) in [5.41, 5.74) is 3.01. The van der Waals surface area contributed by atoms with Gasteiger partial charge in [-0.3, -0.25) is 0 Å². The summed E-state index contributed by atoms with van der Waals surface area (Å²) in [7, 11) is 0. The monoisotopic (exact) mass is 380 g/mol. The van der Waals surface area contributed by atoms with Gasteiger partial charge in [0.25, 0.3) is 0 Å². The van der Waals surface area contributed by atoms with Gasteiger partial charge in [-0.05, 0) is 52.5 Å². The first kappa shape index (κ1) is 21.7. The molecule has 2 rings (SSSR count). The summed E-state index contributed by atoms with van der Waals surface area (Å²) >= 11 is 0. The molecule has 0 fully saturated rings. The smallest absolute Gasteiger partial charge is 0.338 e. The molecule has 2 aromatic rings. The minimum Gasteiger partial charge on any atom is -0.507 e. The van der Waals surface area contributed by atoms with Crippen LogP contribution < -0.4 is 4.74 Å². The number of phenolic OH excluding ortho intramolecular Hbond substituents is 1. The maximum absolute atomic E-state index is 12.3. The highest BCUT2D eigenvalue weighted by Crippen LogP contribution is 2.40. The zero-order valence-electron chi connectivity index (χ0n) is 17.9. The predicted octanol–water partition coefficient (Wildman–Crippen LogP) is 6.08. The lowest BCUT2D eigenvalue weighted by atomic mass is 9.78. The second kappa shape index (κ2) is 8.22. The number of phenols is 1. The van der Waals surface area contributed by atoms with E-state index in [9.17, 15) is 9.90 Å². The van der Waals surface area contributed by atoms with E-state index in [0.717, 1.165) is 16.7 Å². The second-order valence-electron chi connectivity index (χ2n) is 9.35. The summed E-state index contributed by atoms with van der Waals surface area (Å²) in [4.78, 5) is 12.3. The number of para-hydroxylation sites is 1. The van der Waals surface area contributed by atoms with Gasteiger partial charge in [-0.1, -0.05) is 78.5 Å². The van der Waals surface area contributed by atoms with Crippen LogP contribution in [0, 0.1) is 0 Å². The molecule has 0 amide bonds. The lowest BCUT2D eigenvalue weighted by Crippen LogP contribution is -2.18. The van der Waals surface area contributed by atoms with E-state index in [0.29, 0.717) is 29.9 Å². The fourth-order valence-corrected chi connectivity index (χ4v) is 3.05. The second-order valence-corrected chi connectivity index (χ2v) is 9.35. The minimum absolute atomic E-state index is 0.177. The van der Waals surface area contributed by atoms with Crippen molar-refractivity contribution in [2.24, 2.45) is 0 Å². The molecule has 0 aliphatic carbocycles. The first-order valence-electron chi connectivity index (χ1n) is 9.71. The molecule has 0 aliphatic heterocycles. The van der Waals surface area contributed by atoms with Crippen molar-refractivity contribution >= 4 is 5.97 Å². The Hall–Kier alpha value is -2.55. The van der Waals surface area contributed by atoms with Crippen LogP contribution in [0.3, 0.4) is 0 Å². The third kappa shape index (κ3) is 5.48. The lowest BCUT2D eigenvalue weighted by Gasteiger charge is -2.28. The summed E-state index contributed by atoms with van der Waals surface area (Å²) < 4.78 is 5.36. The Labute approximate surface area is 169 Å². The normalized spacial score (nSPS) is 11.9. The Balaban J connectivity index is 2.19. The van der Waals surface area contributed by atoms with Crippen LogP contribution in [0.4, 0.5) is 0 Å². The Morgan fingerprint density at radius 2 is 1.46 bits per heavy atom. The maximum atomic E-state index is 12.3. The van der Waals surface area contributed by atoms with Gasteiger partial charge in [0.15, 0.2) is 0 Å². The number of hydrogen-bond acceptors (Lipinski definition) is 3. The number of hydrogen-bond donors (Lipinski definition) is 1. The third-order valence-corrected chi connectivity index (χ3v) is 4.74. The molecule has 0 heterocycles. The number of ether oxygens (including phenoxy) is 1. The van der Waals surface area contributed by atoms with Crippen molar-refractivity contribution < 1.29 is 14.6 Å². The number of aryl methyl sites for hydroxylation is 1. The largest absolute Gasteiger partial charge is 0.507 e. The van der Waals surface area contributed by atoms with Gasteiger partial charge >= 0.3 is 5.97 Å². The van der Waals surface area contributed by atoms with Gasteiger partial charge in [0.2, 0.25) is 0 Å². The van der Waals surface area contributed by atoms with Crippen molar-refractivity contribution in [3.8, 4) is 11.5 Å². The van der Waals surface area contributed by atoms with Crippen molar-refractivity contribution in [3.05, 3.63) is 71.3 Å². The average Bonchev–Trinajstić information content (AvgIpc) is 2.59. The minimum atomic E-state index is -0.405. The molecule has 28 heavy (non-hydrogen) atoms. The maximum Gasteiger partial charge on any atom is 0.338 e. The van der Waals surface area contributed by atoms with Gasteiger partial charge in [-0.2, -0.15) is 0 Å². The van der Waals surface area contributed by atoms with Gasteiger partial charge in [0, 0.05) is 5.57 Å². The van der Waals surface area contributed by atoms with Crippen molar-refractivity contribution in [2.45, 2.75) is 65.2 Å². The van der Waals surface area contributed by atoms with Crippen LogP contribution >= 0.6 is 0 Å². The van der Waals surface area contributed by atoms with E-state index in [4.69, 9.17) is 4.74 Å². The van der Waals surface area contributed by atoms with Crippen molar-refractivity contribution in [2.75, 3.05) is 0 Å². The van der Waals surface area contributed by atoms with Crippen LogP contribution in [0.5, 0.6) is 11.5 Å². The van der Waals surface area contributed by atoms with Gasteiger partial charge in [0.1, 0.15) is 11.5 Å².